The molecule has 0 saturated carbocycles. The van der Waals surface area contributed by atoms with Crippen LogP contribution < -0.4 is 21.7 Å². The molecule has 160 valence electrons. The first-order valence-corrected chi connectivity index (χ1v) is 9.79. The molecule has 30 heavy (non-hydrogen) atoms. The van der Waals surface area contributed by atoms with Crippen molar-refractivity contribution in [2.45, 2.75) is 20.8 Å². The number of nitrogen functional groups attached to an aromatic ring is 1. The molecule has 0 bridgehead atoms. The van der Waals surface area contributed by atoms with Crippen molar-refractivity contribution in [3.05, 3.63) is 39.9 Å². The summed E-state index contributed by atoms with van der Waals surface area (Å²) in [7, 11) is 0. The third-order valence-electron chi connectivity index (χ3n) is 4.09. The number of nitrogens with zero attached hydrogens (tertiary/aromatic N) is 2. The van der Waals surface area contributed by atoms with Crippen molar-refractivity contribution in [1.29, 1.82) is 0 Å². The molecule has 1 heterocycles. The molecular formula is C19H23N5O5S. The third-order valence-corrected chi connectivity index (χ3v) is 4.94. The fraction of sp³-hybridized carbons (Fsp3) is 0.316. The normalized spacial score (nSPS) is 10.4. The number of amides is 3. The van der Waals surface area contributed by atoms with Crippen molar-refractivity contribution in [2.24, 2.45) is 5.73 Å². The van der Waals surface area contributed by atoms with Crippen molar-refractivity contribution in [1.82, 2.24) is 9.69 Å². The smallest absolute Gasteiger partial charge is 0.325 e. The first-order chi connectivity index (χ1) is 14.1. The minimum absolute atomic E-state index is 0.0112. The molecule has 0 fully saturated rings. The maximum absolute atomic E-state index is 13.2. The number of carbonyl (C=O) groups is 4. The monoisotopic (exact) mass is 433 g/mol. The zero-order chi connectivity index (χ0) is 22.4. The molecule has 2 aromatic rings. The molecule has 5 N–H and O–H groups in total. The molecule has 0 aliphatic rings. The van der Waals surface area contributed by atoms with Crippen molar-refractivity contribution in [3.8, 4) is 0 Å². The summed E-state index contributed by atoms with van der Waals surface area (Å²) in [6, 6.07) is 5.43. The number of carbonyl (C=O) groups excluding carboxylic acids is 4. The first-order valence-electron chi connectivity index (χ1n) is 9.02. The van der Waals surface area contributed by atoms with Gasteiger partial charge in [0.1, 0.15) is 18.0 Å². The highest BCUT2D eigenvalue weighted by Crippen LogP contribution is 2.28. The minimum atomic E-state index is -0.853. The number of aromatic nitrogens is 1. The SMILES string of the molecule is CCOC(=O)CNC(=O)CN(C(=O)c1snc(C(N)=O)c1N)c1cc(C)ccc1C. The quantitative estimate of drug-likeness (QED) is 0.519. The van der Waals surface area contributed by atoms with E-state index in [1.165, 1.54) is 4.90 Å². The van der Waals surface area contributed by atoms with Gasteiger partial charge in [-0.25, -0.2) is 0 Å². The largest absolute Gasteiger partial charge is 0.465 e. The summed E-state index contributed by atoms with van der Waals surface area (Å²) in [6.45, 7) is 4.77. The Morgan fingerprint density at radius 1 is 1.23 bits per heavy atom. The van der Waals surface area contributed by atoms with Gasteiger partial charge in [0, 0.05) is 5.69 Å². The number of nitrogens with two attached hydrogens (primary N) is 2. The number of hydrogen-bond donors (Lipinski definition) is 3. The molecule has 0 unspecified atom stereocenters. The van der Waals surface area contributed by atoms with E-state index in [4.69, 9.17) is 16.2 Å². The second kappa shape index (κ2) is 9.83. The lowest BCUT2D eigenvalue weighted by Crippen LogP contribution is -2.42. The Bertz CT molecular complexity index is 988. The Hall–Kier alpha value is -3.47. The molecule has 11 heteroatoms. The summed E-state index contributed by atoms with van der Waals surface area (Å²) >= 11 is 0.725. The van der Waals surface area contributed by atoms with Crippen LogP contribution in [-0.2, 0) is 14.3 Å². The van der Waals surface area contributed by atoms with Gasteiger partial charge in [-0.3, -0.25) is 24.1 Å². The van der Waals surface area contributed by atoms with Crippen LogP contribution in [0.5, 0.6) is 0 Å². The minimum Gasteiger partial charge on any atom is -0.465 e. The molecule has 2 rings (SSSR count). The molecule has 10 nitrogen and oxygen atoms in total. The molecule has 0 radical (unpaired) electrons. The van der Waals surface area contributed by atoms with Crippen LogP contribution in [0.1, 0.15) is 38.2 Å². The Kier molecular flexibility index (Phi) is 7.48. The van der Waals surface area contributed by atoms with E-state index in [0.717, 1.165) is 22.7 Å². The van der Waals surface area contributed by atoms with Gasteiger partial charge in [0.2, 0.25) is 5.91 Å². The highest BCUT2D eigenvalue weighted by Gasteiger charge is 2.28. The van der Waals surface area contributed by atoms with E-state index in [-0.39, 0.29) is 36.0 Å². The van der Waals surface area contributed by atoms with Crippen molar-refractivity contribution in [3.63, 3.8) is 0 Å². The molecular weight excluding hydrogens is 410 g/mol. The van der Waals surface area contributed by atoms with Crippen molar-refractivity contribution >= 4 is 46.6 Å². The molecule has 0 atom stereocenters. The van der Waals surface area contributed by atoms with Crippen LogP contribution in [0.15, 0.2) is 18.2 Å². The van der Waals surface area contributed by atoms with Gasteiger partial charge < -0.3 is 21.5 Å². The molecule has 1 aromatic carbocycles. The number of ether oxygens (including phenoxy) is 1. The van der Waals surface area contributed by atoms with Crippen LogP contribution in [0.4, 0.5) is 11.4 Å². The van der Waals surface area contributed by atoms with Gasteiger partial charge in [0.25, 0.3) is 11.8 Å². The van der Waals surface area contributed by atoms with E-state index in [1.54, 1.807) is 19.9 Å². The summed E-state index contributed by atoms with van der Waals surface area (Å²) in [4.78, 5) is 49.8. The van der Waals surface area contributed by atoms with E-state index < -0.39 is 23.7 Å². The maximum Gasteiger partial charge on any atom is 0.325 e. The predicted molar refractivity (Wildman–Crippen MR) is 112 cm³/mol. The summed E-state index contributed by atoms with van der Waals surface area (Å²) < 4.78 is 8.62. The van der Waals surface area contributed by atoms with Crippen LogP contribution >= 0.6 is 11.5 Å². The molecule has 0 aliphatic heterocycles. The fourth-order valence-corrected chi connectivity index (χ4v) is 3.36. The summed E-state index contributed by atoms with van der Waals surface area (Å²) in [5.74, 6) is -2.63. The van der Waals surface area contributed by atoms with E-state index >= 15 is 0 Å². The standard InChI is InChI=1S/C19H23N5O5S/c1-4-29-14(26)8-22-13(25)9-24(12-7-10(2)5-6-11(12)3)19(28)17-15(20)16(18(21)27)23-30-17/h5-7H,4,8-9,20H2,1-3H3,(H2,21,27)(H,22,25). The zero-order valence-corrected chi connectivity index (χ0v) is 17.7. The number of primary amides is 1. The number of nitrogens with one attached hydrogen (secondary N) is 1. The highest BCUT2D eigenvalue weighted by atomic mass is 32.1. The van der Waals surface area contributed by atoms with Gasteiger partial charge >= 0.3 is 5.97 Å². The van der Waals surface area contributed by atoms with Gasteiger partial charge in [-0.15, -0.1) is 0 Å². The first kappa shape index (κ1) is 22.8. The molecule has 3 amide bonds. The topological polar surface area (TPSA) is 158 Å². The predicted octanol–water partition coefficient (Wildman–Crippen LogP) is 0.767. The average Bonchev–Trinajstić information content (AvgIpc) is 3.08. The zero-order valence-electron chi connectivity index (χ0n) is 16.9. The Morgan fingerprint density at radius 3 is 2.53 bits per heavy atom. The highest BCUT2D eigenvalue weighted by molar-refractivity contribution is 7.09. The number of rotatable bonds is 8. The Morgan fingerprint density at radius 2 is 1.93 bits per heavy atom. The van der Waals surface area contributed by atoms with E-state index in [9.17, 15) is 19.2 Å². The van der Waals surface area contributed by atoms with Crippen LogP contribution in [0, 0.1) is 13.8 Å². The Balaban J connectivity index is 2.36. The number of hydrogen-bond acceptors (Lipinski definition) is 8. The van der Waals surface area contributed by atoms with Gasteiger partial charge in [0.05, 0.1) is 12.3 Å². The van der Waals surface area contributed by atoms with Crippen LogP contribution in [0.2, 0.25) is 0 Å². The number of esters is 1. The summed E-state index contributed by atoms with van der Waals surface area (Å²) in [6.07, 6.45) is 0. The molecule has 0 spiro atoms. The maximum atomic E-state index is 13.2. The lowest BCUT2D eigenvalue weighted by atomic mass is 10.1. The van der Waals surface area contributed by atoms with Crippen LogP contribution in [0.25, 0.3) is 0 Å². The van der Waals surface area contributed by atoms with Gasteiger partial charge in [-0.1, -0.05) is 12.1 Å². The van der Waals surface area contributed by atoms with Gasteiger partial charge in [-0.05, 0) is 49.5 Å². The number of anilines is 2. The molecule has 0 aliphatic carbocycles. The van der Waals surface area contributed by atoms with Gasteiger partial charge in [0.15, 0.2) is 5.69 Å². The summed E-state index contributed by atoms with van der Waals surface area (Å²) in [5.41, 5.74) is 12.9. The van der Waals surface area contributed by atoms with Crippen LogP contribution in [0.3, 0.4) is 0 Å². The lowest BCUT2D eigenvalue weighted by molar-refractivity contribution is -0.143. The van der Waals surface area contributed by atoms with Crippen LogP contribution in [-0.4, -0.2) is 47.8 Å². The van der Waals surface area contributed by atoms with E-state index in [0.29, 0.717) is 5.69 Å². The lowest BCUT2D eigenvalue weighted by Gasteiger charge is -2.24. The molecule has 1 aromatic heterocycles. The van der Waals surface area contributed by atoms with Crippen molar-refractivity contribution < 1.29 is 23.9 Å². The third kappa shape index (κ3) is 5.32. The Labute approximate surface area is 177 Å². The second-order valence-electron chi connectivity index (χ2n) is 6.40. The van der Waals surface area contributed by atoms with Gasteiger partial charge in [-0.2, -0.15) is 4.37 Å². The number of aryl methyl sites for hydroxylation is 2. The van der Waals surface area contributed by atoms with Crippen molar-refractivity contribution in [2.75, 3.05) is 30.3 Å². The van der Waals surface area contributed by atoms with E-state index in [1.807, 2.05) is 19.1 Å². The number of benzene rings is 1. The molecule has 0 saturated heterocycles. The average molecular weight is 433 g/mol. The summed E-state index contributed by atoms with van der Waals surface area (Å²) in [5, 5.41) is 2.42. The fourth-order valence-electron chi connectivity index (χ4n) is 2.61. The van der Waals surface area contributed by atoms with E-state index in [2.05, 4.69) is 9.69 Å². The second-order valence-corrected chi connectivity index (χ2v) is 7.17.